The van der Waals surface area contributed by atoms with Gasteiger partial charge in [-0.3, -0.25) is 0 Å². The van der Waals surface area contributed by atoms with E-state index in [1.165, 1.54) is 5.56 Å². The van der Waals surface area contributed by atoms with E-state index < -0.39 is 0 Å². The molecule has 0 heterocycles. The van der Waals surface area contributed by atoms with Gasteiger partial charge in [-0.15, -0.1) is 35.0 Å². The molecule has 0 unspecified atom stereocenters. The van der Waals surface area contributed by atoms with Crippen LogP contribution in [0.2, 0.25) is 0 Å². The van der Waals surface area contributed by atoms with Crippen LogP contribution in [0.15, 0.2) is 24.3 Å². The van der Waals surface area contributed by atoms with Crippen molar-refractivity contribution in [1.82, 2.24) is 0 Å². The topological polar surface area (TPSA) is 20.2 Å². The minimum absolute atomic E-state index is 0. The maximum atomic E-state index is 9.75. The number of hydrogen-bond donors (Lipinski definition) is 1. The summed E-state index contributed by atoms with van der Waals surface area (Å²) in [5.74, 6) is 0.348. The van der Waals surface area contributed by atoms with Crippen molar-refractivity contribution in [3.63, 3.8) is 0 Å². The smallest absolute Gasteiger partial charge is 0.0425 e. The van der Waals surface area contributed by atoms with Crippen molar-refractivity contribution < 1.29 is 37.8 Å². The van der Waals surface area contributed by atoms with Gasteiger partial charge in [-0.05, 0) is 13.8 Å². The van der Waals surface area contributed by atoms with Gasteiger partial charge in [0.2, 0.25) is 0 Å². The fourth-order valence-corrected chi connectivity index (χ4v) is 1.63. The van der Waals surface area contributed by atoms with Crippen LogP contribution in [-0.2, 0) is 32.7 Å². The van der Waals surface area contributed by atoms with Crippen molar-refractivity contribution in [2.24, 2.45) is 0 Å². The average Bonchev–Trinajstić information content (AvgIpc) is 2.15. The van der Waals surface area contributed by atoms with Crippen molar-refractivity contribution in [2.75, 3.05) is 0 Å². The Morgan fingerprint density at radius 3 is 2.64 bits per heavy atom. The summed E-state index contributed by atoms with van der Waals surface area (Å²) in [6, 6.07) is 10.8. The van der Waals surface area contributed by atoms with Gasteiger partial charge in [-0.2, -0.15) is 0 Å². The first-order valence-corrected chi connectivity index (χ1v) is 4.29. The monoisotopic (exact) mass is 260 g/mol. The fraction of sp³-hybridized carbons (Fsp3) is 0.167. The number of phenolic OH excluding ortho intramolecular Hbond substituents is 1. The maximum Gasteiger partial charge on any atom is 0.0425 e. The van der Waals surface area contributed by atoms with E-state index in [1.807, 2.05) is 38.1 Å². The van der Waals surface area contributed by atoms with Crippen molar-refractivity contribution >= 4 is 10.8 Å². The first kappa shape index (κ1) is 11.7. The van der Waals surface area contributed by atoms with Crippen LogP contribution in [-0.4, -0.2) is 5.11 Å². The summed E-state index contributed by atoms with van der Waals surface area (Å²) >= 11 is 0. The van der Waals surface area contributed by atoms with E-state index in [0.29, 0.717) is 5.75 Å². The molecule has 0 aliphatic rings. The van der Waals surface area contributed by atoms with Crippen molar-refractivity contribution in [3.05, 3.63) is 41.5 Å². The van der Waals surface area contributed by atoms with Crippen LogP contribution in [0, 0.1) is 19.9 Å². The molecule has 14 heavy (non-hydrogen) atoms. The number of aromatic hydroxyl groups is 1. The number of benzene rings is 2. The summed E-state index contributed by atoms with van der Waals surface area (Å²) in [7, 11) is 0. The molecule has 1 nitrogen and oxygen atoms in total. The Hall–Kier alpha value is -0.396. The van der Waals surface area contributed by atoms with Crippen molar-refractivity contribution in [3.8, 4) is 5.75 Å². The molecule has 2 rings (SSSR count). The van der Waals surface area contributed by atoms with Gasteiger partial charge in [0.05, 0.1) is 0 Å². The molecule has 0 amide bonds. The number of fused-ring (bicyclic) bond motifs is 1. The molecule has 2 aromatic rings. The molecule has 0 atom stereocenters. The minimum Gasteiger partial charge on any atom is -0.551 e. The molecule has 0 saturated heterocycles. The molecule has 1 radical (unpaired) electrons. The van der Waals surface area contributed by atoms with E-state index in [1.54, 1.807) is 0 Å². The SMILES string of the molecule is Cc1cc(C)c2ccc[c-]c2c1O.[Y]. The first-order valence-electron chi connectivity index (χ1n) is 4.29. The molecule has 0 aliphatic heterocycles. The van der Waals surface area contributed by atoms with E-state index in [4.69, 9.17) is 0 Å². The number of phenols is 1. The predicted molar refractivity (Wildman–Crippen MR) is 53.9 cm³/mol. The Morgan fingerprint density at radius 2 is 1.93 bits per heavy atom. The van der Waals surface area contributed by atoms with Crippen LogP contribution in [0.1, 0.15) is 11.1 Å². The zero-order valence-electron chi connectivity index (χ0n) is 8.33. The molecule has 0 aromatic heterocycles. The fourth-order valence-electron chi connectivity index (χ4n) is 1.63. The van der Waals surface area contributed by atoms with Crippen LogP contribution in [0.3, 0.4) is 0 Å². The summed E-state index contributed by atoms with van der Waals surface area (Å²) in [6.45, 7) is 3.95. The minimum atomic E-state index is 0. The van der Waals surface area contributed by atoms with Gasteiger partial charge < -0.3 is 5.11 Å². The predicted octanol–water partition coefficient (Wildman–Crippen LogP) is 2.96. The third kappa shape index (κ3) is 1.84. The van der Waals surface area contributed by atoms with E-state index in [-0.39, 0.29) is 32.7 Å². The summed E-state index contributed by atoms with van der Waals surface area (Å²) in [4.78, 5) is 0. The molecule has 2 aromatic carbocycles. The van der Waals surface area contributed by atoms with Crippen LogP contribution in [0.4, 0.5) is 0 Å². The van der Waals surface area contributed by atoms with Crippen molar-refractivity contribution in [1.29, 1.82) is 0 Å². The molecule has 2 heteroatoms. The third-order valence-electron chi connectivity index (χ3n) is 2.32. The number of hydrogen-bond acceptors (Lipinski definition) is 1. The second-order valence-electron chi connectivity index (χ2n) is 3.32. The van der Waals surface area contributed by atoms with Crippen LogP contribution >= 0.6 is 0 Å². The molecule has 1 N–H and O–H groups in total. The Balaban J connectivity index is 0.000000980. The number of rotatable bonds is 0. The standard InChI is InChI=1S/C12H11O.Y/c1-8-7-9(2)12(13)11-6-4-3-5-10(8)11;/h3-5,7,13H,1-2H3;/q-1;. The molecule has 0 spiro atoms. The molecule has 69 valence electrons. The van der Waals surface area contributed by atoms with Gasteiger partial charge in [0.15, 0.2) is 0 Å². The van der Waals surface area contributed by atoms with Gasteiger partial charge in [-0.25, -0.2) is 0 Å². The summed E-state index contributed by atoms with van der Waals surface area (Å²) in [5.41, 5.74) is 2.09. The van der Waals surface area contributed by atoms with Gasteiger partial charge >= 0.3 is 0 Å². The number of aryl methyl sites for hydroxylation is 2. The molecule has 0 aliphatic carbocycles. The summed E-state index contributed by atoms with van der Waals surface area (Å²) in [5, 5.41) is 11.6. The van der Waals surface area contributed by atoms with Crippen LogP contribution in [0.25, 0.3) is 10.8 Å². The Morgan fingerprint density at radius 1 is 1.21 bits per heavy atom. The van der Waals surface area contributed by atoms with E-state index in [9.17, 15) is 5.11 Å². The van der Waals surface area contributed by atoms with E-state index >= 15 is 0 Å². The van der Waals surface area contributed by atoms with Gasteiger partial charge in [0.1, 0.15) is 0 Å². The maximum absolute atomic E-state index is 9.75. The summed E-state index contributed by atoms with van der Waals surface area (Å²) in [6.07, 6.45) is 0. The Kier molecular flexibility index (Phi) is 3.68. The second kappa shape index (κ2) is 4.42. The zero-order chi connectivity index (χ0) is 9.42. The first-order chi connectivity index (χ1) is 6.20. The normalized spacial score (nSPS) is 9.86. The Bertz CT molecular complexity index is 463. The van der Waals surface area contributed by atoms with E-state index in [2.05, 4.69) is 6.07 Å². The van der Waals surface area contributed by atoms with Crippen LogP contribution < -0.4 is 0 Å². The van der Waals surface area contributed by atoms with E-state index in [0.717, 1.165) is 16.3 Å². The van der Waals surface area contributed by atoms with Crippen molar-refractivity contribution in [2.45, 2.75) is 13.8 Å². The Labute approximate surface area is 109 Å². The molecular formula is C12H11OY-. The molecule has 0 fully saturated rings. The van der Waals surface area contributed by atoms with Gasteiger partial charge in [0, 0.05) is 38.5 Å². The van der Waals surface area contributed by atoms with Gasteiger partial charge in [-0.1, -0.05) is 17.2 Å². The van der Waals surface area contributed by atoms with Gasteiger partial charge in [0.25, 0.3) is 0 Å². The quantitative estimate of drug-likeness (QED) is 0.722. The largest absolute Gasteiger partial charge is 0.551 e. The summed E-state index contributed by atoms with van der Waals surface area (Å²) < 4.78 is 0. The average molecular weight is 260 g/mol. The van der Waals surface area contributed by atoms with Crippen LogP contribution in [0.5, 0.6) is 5.75 Å². The molecule has 0 bridgehead atoms. The molecular weight excluding hydrogens is 249 g/mol. The molecule has 0 saturated carbocycles. The second-order valence-corrected chi connectivity index (χ2v) is 3.32. The third-order valence-corrected chi connectivity index (χ3v) is 2.32. The zero-order valence-corrected chi connectivity index (χ0v) is 11.2.